The fourth-order valence-corrected chi connectivity index (χ4v) is 2.84. The average molecular weight is 325 g/mol. The lowest BCUT2D eigenvalue weighted by Crippen LogP contribution is -2.22. The van der Waals surface area contributed by atoms with E-state index in [9.17, 15) is 14.0 Å². The van der Waals surface area contributed by atoms with Crippen molar-refractivity contribution in [3.05, 3.63) is 74.8 Å². The number of aromatic amines is 2. The van der Waals surface area contributed by atoms with Crippen molar-refractivity contribution in [2.45, 2.75) is 6.92 Å². The lowest BCUT2D eigenvalue weighted by molar-refractivity contribution is 0.625. The number of nitrogens with one attached hydrogen (secondary N) is 2. The van der Waals surface area contributed by atoms with Gasteiger partial charge < -0.3 is 0 Å². The molecule has 0 saturated heterocycles. The summed E-state index contributed by atoms with van der Waals surface area (Å²) in [6.45, 7) is 1.68. The van der Waals surface area contributed by atoms with E-state index in [0.717, 1.165) is 0 Å². The first kappa shape index (κ1) is 14.2. The highest BCUT2D eigenvalue weighted by Crippen LogP contribution is 2.16. The van der Waals surface area contributed by atoms with Gasteiger partial charge in [-0.15, -0.1) is 0 Å². The summed E-state index contributed by atoms with van der Waals surface area (Å²) in [7, 11) is 0. The topological polar surface area (TPSA) is 88.5 Å². The maximum Gasteiger partial charge on any atom is 0.280 e. The molecule has 1 aromatic carbocycles. The molecular weight excluding hydrogens is 313 g/mol. The molecule has 2 N–H and O–H groups in total. The molecule has 0 unspecified atom stereocenters. The second-order valence-corrected chi connectivity index (χ2v) is 5.37. The van der Waals surface area contributed by atoms with Crippen molar-refractivity contribution >= 4 is 10.9 Å². The Bertz CT molecular complexity index is 1170. The summed E-state index contributed by atoms with van der Waals surface area (Å²) in [5, 5.41) is 9.75. The molecule has 120 valence electrons. The van der Waals surface area contributed by atoms with Gasteiger partial charge in [-0.25, -0.2) is 9.07 Å². The van der Waals surface area contributed by atoms with Gasteiger partial charge >= 0.3 is 0 Å². The lowest BCUT2D eigenvalue weighted by Gasteiger charge is -2.06. The molecule has 0 spiro atoms. The number of hydrogen-bond donors (Lipinski definition) is 2. The average Bonchev–Trinajstić information content (AvgIpc) is 3.16. The van der Waals surface area contributed by atoms with Crippen molar-refractivity contribution in [2.75, 3.05) is 0 Å². The summed E-state index contributed by atoms with van der Waals surface area (Å²) in [6, 6.07) is 8.63. The molecule has 3 aromatic heterocycles. The van der Waals surface area contributed by atoms with E-state index in [0.29, 0.717) is 28.1 Å². The standard InChI is InChI=1S/C16H12FN5O2/c1-9-15-12(8-14(23)21(9)13-5-6-18-19-13)20-22(16(15)24)11-4-2-3-10(17)7-11/h2-8,20H,1H3,(H,18,19). The van der Waals surface area contributed by atoms with Crippen LogP contribution >= 0.6 is 0 Å². The first-order chi connectivity index (χ1) is 11.6. The predicted octanol–water partition coefficient (Wildman–Crippen LogP) is 1.64. The number of hydrogen-bond acceptors (Lipinski definition) is 3. The molecule has 0 bridgehead atoms. The molecule has 3 heterocycles. The third-order valence-electron chi connectivity index (χ3n) is 3.90. The Morgan fingerprint density at radius 3 is 2.71 bits per heavy atom. The van der Waals surface area contributed by atoms with Crippen LogP contribution in [0.25, 0.3) is 22.4 Å². The van der Waals surface area contributed by atoms with E-state index in [1.54, 1.807) is 19.1 Å². The summed E-state index contributed by atoms with van der Waals surface area (Å²) >= 11 is 0. The van der Waals surface area contributed by atoms with Gasteiger partial charge in [0.25, 0.3) is 11.1 Å². The van der Waals surface area contributed by atoms with Gasteiger partial charge in [-0.2, -0.15) is 5.10 Å². The van der Waals surface area contributed by atoms with Gasteiger partial charge in [0.05, 0.1) is 22.8 Å². The van der Waals surface area contributed by atoms with Gasteiger partial charge in [-0.1, -0.05) is 6.07 Å². The summed E-state index contributed by atoms with van der Waals surface area (Å²) in [6.07, 6.45) is 1.52. The number of fused-ring (bicyclic) bond motifs is 1. The van der Waals surface area contributed by atoms with Gasteiger partial charge in [0.1, 0.15) is 11.6 Å². The van der Waals surface area contributed by atoms with Crippen LogP contribution in [0.3, 0.4) is 0 Å². The van der Waals surface area contributed by atoms with Crippen LogP contribution in [0.4, 0.5) is 4.39 Å². The van der Waals surface area contributed by atoms with E-state index in [2.05, 4.69) is 15.3 Å². The van der Waals surface area contributed by atoms with Crippen LogP contribution in [0.15, 0.2) is 52.2 Å². The van der Waals surface area contributed by atoms with E-state index in [4.69, 9.17) is 0 Å². The Kier molecular flexibility index (Phi) is 2.99. The van der Waals surface area contributed by atoms with E-state index < -0.39 is 5.82 Å². The predicted molar refractivity (Wildman–Crippen MR) is 86.3 cm³/mol. The van der Waals surface area contributed by atoms with Crippen LogP contribution < -0.4 is 11.1 Å². The zero-order valence-corrected chi connectivity index (χ0v) is 12.6. The Hall–Kier alpha value is -3.42. The van der Waals surface area contributed by atoms with E-state index >= 15 is 0 Å². The third kappa shape index (κ3) is 2.00. The third-order valence-corrected chi connectivity index (χ3v) is 3.90. The first-order valence-corrected chi connectivity index (χ1v) is 7.19. The van der Waals surface area contributed by atoms with Crippen molar-refractivity contribution < 1.29 is 4.39 Å². The number of halogens is 1. The highest BCUT2D eigenvalue weighted by atomic mass is 19.1. The van der Waals surface area contributed by atoms with Crippen LogP contribution in [-0.4, -0.2) is 24.5 Å². The number of rotatable bonds is 2. The monoisotopic (exact) mass is 325 g/mol. The highest BCUT2D eigenvalue weighted by molar-refractivity contribution is 5.81. The molecule has 0 aliphatic heterocycles. The Labute approximate surface area is 134 Å². The van der Waals surface area contributed by atoms with E-state index in [-0.39, 0.29) is 11.1 Å². The van der Waals surface area contributed by atoms with Crippen LogP contribution in [0.5, 0.6) is 0 Å². The van der Waals surface area contributed by atoms with Gasteiger partial charge in [0, 0.05) is 17.8 Å². The number of H-pyrrole nitrogens is 2. The van der Waals surface area contributed by atoms with Crippen LogP contribution in [0.1, 0.15) is 5.69 Å². The summed E-state index contributed by atoms with van der Waals surface area (Å²) < 4.78 is 16.0. The Morgan fingerprint density at radius 1 is 1.17 bits per heavy atom. The van der Waals surface area contributed by atoms with Crippen molar-refractivity contribution in [1.82, 2.24) is 24.5 Å². The molecule has 0 aliphatic rings. The quantitative estimate of drug-likeness (QED) is 0.587. The van der Waals surface area contributed by atoms with Crippen molar-refractivity contribution in [3.63, 3.8) is 0 Å². The molecule has 24 heavy (non-hydrogen) atoms. The summed E-state index contributed by atoms with van der Waals surface area (Å²) in [5.41, 5.74) is 0.551. The zero-order valence-electron chi connectivity index (χ0n) is 12.6. The minimum absolute atomic E-state index is 0.308. The molecule has 0 atom stereocenters. The molecule has 0 aliphatic carbocycles. The largest absolute Gasteiger partial charge is 0.290 e. The number of nitrogens with zero attached hydrogens (tertiary/aromatic N) is 3. The van der Waals surface area contributed by atoms with E-state index in [1.165, 1.54) is 39.7 Å². The number of pyridine rings is 1. The smallest absolute Gasteiger partial charge is 0.280 e. The molecule has 0 radical (unpaired) electrons. The molecule has 8 heteroatoms. The molecule has 4 aromatic rings. The second-order valence-electron chi connectivity index (χ2n) is 5.37. The van der Waals surface area contributed by atoms with Gasteiger partial charge in [-0.3, -0.25) is 24.4 Å². The normalized spacial score (nSPS) is 11.2. The SMILES string of the molecule is Cc1c2c(=O)n(-c3cccc(F)c3)[nH]c2cc(=O)n1-c1ccn[nH]1. The van der Waals surface area contributed by atoms with Crippen LogP contribution in [0.2, 0.25) is 0 Å². The number of benzene rings is 1. The van der Waals surface area contributed by atoms with E-state index in [1.807, 2.05) is 0 Å². The first-order valence-electron chi connectivity index (χ1n) is 7.19. The highest BCUT2D eigenvalue weighted by Gasteiger charge is 2.16. The lowest BCUT2D eigenvalue weighted by atomic mass is 10.2. The zero-order chi connectivity index (χ0) is 16.8. The molecule has 0 saturated carbocycles. The molecular formula is C16H12FN5O2. The second kappa shape index (κ2) is 5.05. The molecule has 4 rings (SSSR count). The van der Waals surface area contributed by atoms with Crippen molar-refractivity contribution in [1.29, 1.82) is 0 Å². The Morgan fingerprint density at radius 2 is 2.00 bits per heavy atom. The van der Waals surface area contributed by atoms with Crippen LogP contribution in [0, 0.1) is 12.7 Å². The molecule has 0 fully saturated rings. The van der Waals surface area contributed by atoms with Crippen molar-refractivity contribution in [3.8, 4) is 11.5 Å². The number of aromatic nitrogens is 5. The maximum atomic E-state index is 13.4. The maximum absolute atomic E-state index is 13.4. The fourth-order valence-electron chi connectivity index (χ4n) is 2.84. The summed E-state index contributed by atoms with van der Waals surface area (Å²) in [5.74, 6) is 0.0177. The van der Waals surface area contributed by atoms with Gasteiger partial charge in [0.2, 0.25) is 0 Å². The van der Waals surface area contributed by atoms with Crippen LogP contribution in [-0.2, 0) is 0 Å². The number of aryl methyl sites for hydroxylation is 1. The fraction of sp³-hybridized carbons (Fsp3) is 0.0625. The van der Waals surface area contributed by atoms with Gasteiger partial charge in [-0.05, 0) is 25.1 Å². The molecule has 7 nitrogen and oxygen atoms in total. The van der Waals surface area contributed by atoms with Gasteiger partial charge in [0.15, 0.2) is 0 Å². The molecule has 0 amide bonds. The van der Waals surface area contributed by atoms with Crippen molar-refractivity contribution in [2.24, 2.45) is 0 Å². The Balaban J connectivity index is 2.06. The minimum Gasteiger partial charge on any atom is -0.290 e. The minimum atomic E-state index is -0.452. The summed E-state index contributed by atoms with van der Waals surface area (Å²) in [4.78, 5) is 25.1.